The van der Waals surface area contributed by atoms with E-state index in [1.54, 1.807) is 4.68 Å². The molecule has 1 heterocycles. The zero-order chi connectivity index (χ0) is 18.6. The number of aryl methyl sites for hydroxylation is 2. The van der Waals surface area contributed by atoms with Crippen molar-refractivity contribution in [2.24, 2.45) is 0 Å². The van der Waals surface area contributed by atoms with Crippen molar-refractivity contribution in [3.05, 3.63) is 29.3 Å². The lowest BCUT2D eigenvalue weighted by molar-refractivity contribution is -0.120. The van der Waals surface area contributed by atoms with E-state index in [9.17, 15) is 10.1 Å². The van der Waals surface area contributed by atoms with Gasteiger partial charge in [0.25, 0.3) is 0 Å². The van der Waals surface area contributed by atoms with Crippen LogP contribution in [0.5, 0.6) is 0 Å². The van der Waals surface area contributed by atoms with Crippen LogP contribution in [0.4, 0.5) is 0 Å². The van der Waals surface area contributed by atoms with E-state index in [1.807, 2.05) is 26.0 Å². The first kappa shape index (κ1) is 18.4. The van der Waals surface area contributed by atoms with Crippen molar-refractivity contribution < 1.29 is 4.79 Å². The monoisotopic (exact) mass is 370 g/mol. The third kappa shape index (κ3) is 4.05. The van der Waals surface area contributed by atoms with Crippen LogP contribution in [0.15, 0.2) is 23.4 Å². The number of amides is 1. The van der Waals surface area contributed by atoms with Gasteiger partial charge in [0.1, 0.15) is 5.54 Å². The summed E-state index contributed by atoms with van der Waals surface area (Å²) in [4.78, 5) is 12.4. The van der Waals surface area contributed by atoms with Gasteiger partial charge in [0.05, 0.1) is 17.5 Å². The number of nitrogens with one attached hydrogen (secondary N) is 1. The summed E-state index contributed by atoms with van der Waals surface area (Å²) < 4.78 is 1.65. The minimum Gasteiger partial charge on any atom is -0.337 e. The molecule has 136 valence electrons. The molecule has 0 aliphatic heterocycles. The van der Waals surface area contributed by atoms with E-state index < -0.39 is 5.54 Å². The topological polar surface area (TPSA) is 96.5 Å². The quantitative estimate of drug-likeness (QED) is 0.813. The van der Waals surface area contributed by atoms with E-state index in [0.29, 0.717) is 5.16 Å². The van der Waals surface area contributed by atoms with Gasteiger partial charge in [-0.2, -0.15) is 9.94 Å². The number of thioether (sulfide) groups is 1. The summed E-state index contributed by atoms with van der Waals surface area (Å²) in [6, 6.07) is 8.35. The summed E-state index contributed by atoms with van der Waals surface area (Å²) in [6.45, 7) is 4.04. The Kier molecular flexibility index (Phi) is 5.57. The van der Waals surface area contributed by atoms with E-state index in [2.05, 4.69) is 33.0 Å². The molecule has 1 amide bonds. The molecule has 1 N–H and O–H groups in total. The minimum atomic E-state index is -0.713. The molecule has 1 aromatic heterocycles. The molecular formula is C18H22N6OS. The number of hydrogen-bond acceptors (Lipinski definition) is 6. The Morgan fingerprint density at radius 2 is 2.12 bits per heavy atom. The lowest BCUT2D eigenvalue weighted by atomic mass is 9.83. The Morgan fingerprint density at radius 3 is 2.81 bits per heavy atom. The summed E-state index contributed by atoms with van der Waals surface area (Å²) in [6.07, 6.45) is 4.52. The molecule has 3 rings (SSSR count). The van der Waals surface area contributed by atoms with Crippen LogP contribution in [0.3, 0.4) is 0 Å². The molecule has 0 bridgehead atoms. The molecule has 1 aliphatic carbocycles. The number of nitrogens with zero attached hydrogens (tertiary/aromatic N) is 5. The van der Waals surface area contributed by atoms with Crippen LogP contribution >= 0.6 is 11.8 Å². The van der Waals surface area contributed by atoms with Gasteiger partial charge in [-0.3, -0.25) is 4.79 Å². The predicted octanol–water partition coefficient (Wildman–Crippen LogP) is 2.71. The highest BCUT2D eigenvalue weighted by Gasteiger charge is 2.33. The number of benzene rings is 1. The van der Waals surface area contributed by atoms with E-state index >= 15 is 0 Å². The fourth-order valence-corrected chi connectivity index (χ4v) is 4.00. The lowest BCUT2D eigenvalue weighted by Crippen LogP contribution is -2.49. The molecule has 8 heteroatoms. The Morgan fingerprint density at radius 1 is 1.35 bits per heavy atom. The van der Waals surface area contributed by atoms with Crippen LogP contribution < -0.4 is 5.32 Å². The first-order chi connectivity index (χ1) is 12.5. The molecule has 1 aliphatic rings. The molecule has 1 fully saturated rings. The average molecular weight is 370 g/mol. The van der Waals surface area contributed by atoms with Crippen molar-refractivity contribution in [3.8, 4) is 11.8 Å². The van der Waals surface area contributed by atoms with Crippen LogP contribution in [-0.2, 0) is 4.79 Å². The van der Waals surface area contributed by atoms with Gasteiger partial charge in [0.15, 0.2) is 0 Å². The van der Waals surface area contributed by atoms with Gasteiger partial charge in [-0.1, -0.05) is 48.7 Å². The maximum atomic E-state index is 12.4. The first-order valence-electron chi connectivity index (χ1n) is 8.74. The molecule has 0 radical (unpaired) electrons. The molecule has 26 heavy (non-hydrogen) atoms. The normalized spacial score (nSPS) is 16.0. The van der Waals surface area contributed by atoms with Crippen molar-refractivity contribution in [1.29, 1.82) is 5.26 Å². The van der Waals surface area contributed by atoms with Gasteiger partial charge in [-0.25, -0.2) is 0 Å². The highest BCUT2D eigenvalue weighted by atomic mass is 32.2. The summed E-state index contributed by atoms with van der Waals surface area (Å²) in [7, 11) is 0. The standard InChI is InChI=1S/C18H22N6OS/c1-13-6-7-15(14(2)10-13)24-17(21-22-23-24)26-11-16(25)20-18(12-19)8-4-3-5-9-18/h6-7,10H,3-5,8-9,11H2,1-2H3,(H,20,25). The van der Waals surface area contributed by atoms with Crippen LogP contribution in [0.25, 0.3) is 5.69 Å². The molecule has 1 saturated carbocycles. The number of nitriles is 1. The van der Waals surface area contributed by atoms with Crippen LogP contribution in [0.2, 0.25) is 0 Å². The lowest BCUT2D eigenvalue weighted by Gasteiger charge is -2.31. The summed E-state index contributed by atoms with van der Waals surface area (Å²) in [5.74, 6) is 0.0166. The third-order valence-electron chi connectivity index (χ3n) is 4.65. The van der Waals surface area contributed by atoms with Gasteiger partial charge < -0.3 is 5.32 Å². The maximum Gasteiger partial charge on any atom is 0.231 e. The number of carbonyl (C=O) groups is 1. The fourth-order valence-electron chi connectivity index (χ4n) is 3.32. The Balaban J connectivity index is 1.66. The van der Waals surface area contributed by atoms with Gasteiger partial charge >= 0.3 is 0 Å². The van der Waals surface area contributed by atoms with Crippen molar-refractivity contribution in [1.82, 2.24) is 25.5 Å². The summed E-state index contributed by atoms with van der Waals surface area (Å²) in [5.41, 5.74) is 2.41. The molecule has 0 saturated heterocycles. The number of aromatic nitrogens is 4. The second-order valence-electron chi connectivity index (χ2n) is 6.75. The smallest absolute Gasteiger partial charge is 0.231 e. The van der Waals surface area contributed by atoms with Crippen LogP contribution in [-0.4, -0.2) is 37.4 Å². The number of tetrazole rings is 1. The Bertz CT molecular complexity index is 834. The van der Waals surface area contributed by atoms with Crippen molar-refractivity contribution in [2.75, 3.05) is 5.75 Å². The Labute approximate surface area is 157 Å². The number of hydrogen-bond donors (Lipinski definition) is 1. The SMILES string of the molecule is Cc1ccc(-n2nnnc2SCC(=O)NC2(C#N)CCCCC2)c(C)c1. The van der Waals surface area contributed by atoms with E-state index in [0.717, 1.165) is 43.4 Å². The molecule has 0 unspecified atom stereocenters. The molecule has 0 atom stereocenters. The second kappa shape index (κ2) is 7.87. The van der Waals surface area contributed by atoms with E-state index in [4.69, 9.17) is 0 Å². The Hall–Kier alpha value is -2.40. The fraction of sp³-hybridized carbons (Fsp3) is 0.500. The molecule has 7 nitrogen and oxygen atoms in total. The van der Waals surface area contributed by atoms with Gasteiger partial charge in [-0.15, -0.1) is 5.10 Å². The molecular weight excluding hydrogens is 348 g/mol. The molecule has 2 aromatic rings. The van der Waals surface area contributed by atoms with Crippen LogP contribution in [0.1, 0.15) is 43.2 Å². The second-order valence-corrected chi connectivity index (χ2v) is 7.70. The highest BCUT2D eigenvalue weighted by molar-refractivity contribution is 7.99. The van der Waals surface area contributed by atoms with E-state index in [-0.39, 0.29) is 11.7 Å². The average Bonchev–Trinajstić information content (AvgIpc) is 3.09. The largest absolute Gasteiger partial charge is 0.337 e. The zero-order valence-electron chi connectivity index (χ0n) is 15.0. The van der Waals surface area contributed by atoms with Crippen molar-refractivity contribution in [2.45, 2.75) is 56.6 Å². The summed E-state index contributed by atoms with van der Waals surface area (Å²) in [5, 5.41) is 24.8. The summed E-state index contributed by atoms with van der Waals surface area (Å²) >= 11 is 1.27. The van der Waals surface area contributed by atoms with E-state index in [1.165, 1.54) is 17.3 Å². The first-order valence-corrected chi connectivity index (χ1v) is 9.73. The predicted molar refractivity (Wildman–Crippen MR) is 98.9 cm³/mol. The highest BCUT2D eigenvalue weighted by Crippen LogP contribution is 2.28. The van der Waals surface area contributed by atoms with Crippen LogP contribution in [0, 0.1) is 25.2 Å². The van der Waals surface area contributed by atoms with Gasteiger partial charge in [0, 0.05) is 0 Å². The van der Waals surface area contributed by atoms with Gasteiger partial charge in [0.2, 0.25) is 11.1 Å². The third-order valence-corrected chi connectivity index (χ3v) is 5.57. The minimum absolute atomic E-state index is 0.159. The molecule has 1 aromatic carbocycles. The maximum absolute atomic E-state index is 12.4. The number of carbonyl (C=O) groups excluding carboxylic acids is 1. The van der Waals surface area contributed by atoms with Crippen molar-refractivity contribution in [3.63, 3.8) is 0 Å². The molecule has 0 spiro atoms. The zero-order valence-corrected chi connectivity index (χ0v) is 15.8. The number of rotatable bonds is 5. The van der Waals surface area contributed by atoms with Gasteiger partial charge in [-0.05, 0) is 48.7 Å². The van der Waals surface area contributed by atoms with Crippen molar-refractivity contribution >= 4 is 17.7 Å².